The van der Waals surface area contributed by atoms with Gasteiger partial charge in [0.05, 0.1) is 12.3 Å². The number of fused-ring (bicyclic) bond motifs is 1. The normalized spacial score (nSPS) is 11.0. The van der Waals surface area contributed by atoms with Crippen LogP contribution in [0.15, 0.2) is 65.5 Å². The van der Waals surface area contributed by atoms with Crippen LogP contribution in [0.5, 0.6) is 0 Å². The van der Waals surface area contributed by atoms with Crippen LogP contribution in [-0.4, -0.2) is 32.2 Å². The lowest BCUT2D eigenvalue weighted by molar-refractivity contribution is -0.117. The third-order valence-corrected chi connectivity index (χ3v) is 4.37. The summed E-state index contributed by atoms with van der Waals surface area (Å²) in [5, 5.41) is 6.90. The zero-order valence-electron chi connectivity index (χ0n) is 16.1. The van der Waals surface area contributed by atoms with Crippen molar-refractivity contribution < 1.29 is 13.9 Å². The van der Waals surface area contributed by atoms with Crippen molar-refractivity contribution in [3.63, 3.8) is 0 Å². The Labute approximate surface area is 170 Å². The van der Waals surface area contributed by atoms with Gasteiger partial charge in [0.1, 0.15) is 18.2 Å². The molecular formula is C21H18FN5O3. The number of halogens is 1. The summed E-state index contributed by atoms with van der Waals surface area (Å²) >= 11 is 0. The maximum Gasteiger partial charge on any atom is 0.352 e. The first-order valence-electron chi connectivity index (χ1n) is 9.14. The number of rotatable bonds is 6. The number of aromatic nitrogens is 4. The van der Waals surface area contributed by atoms with Crippen molar-refractivity contribution in [2.24, 2.45) is 0 Å². The minimum Gasteiger partial charge on any atom is -0.378 e. The Morgan fingerprint density at radius 2 is 1.87 bits per heavy atom. The molecule has 0 radical (unpaired) electrons. The number of hydrogen-bond acceptors (Lipinski definition) is 5. The van der Waals surface area contributed by atoms with Crippen LogP contribution < -0.4 is 11.0 Å². The highest BCUT2D eigenvalue weighted by molar-refractivity contribution is 5.90. The fourth-order valence-electron chi connectivity index (χ4n) is 3.06. The molecule has 0 atom stereocenters. The fraction of sp³-hybridized carbons (Fsp3) is 0.143. The van der Waals surface area contributed by atoms with Crippen LogP contribution in [0, 0.1) is 5.82 Å². The second kappa shape index (κ2) is 8.26. The topological polar surface area (TPSA) is 90.5 Å². The third kappa shape index (κ3) is 3.96. The van der Waals surface area contributed by atoms with E-state index in [1.807, 2.05) is 30.3 Å². The molecule has 0 aliphatic rings. The first-order valence-corrected chi connectivity index (χ1v) is 9.14. The molecule has 0 aliphatic carbocycles. The number of methoxy groups -OCH3 is 1. The lowest BCUT2D eigenvalue weighted by Crippen LogP contribution is -2.28. The molecule has 2 aromatic heterocycles. The maximum atomic E-state index is 13.0. The number of carbonyl (C=O) groups is 1. The first kappa shape index (κ1) is 19.5. The lowest BCUT2D eigenvalue weighted by Gasteiger charge is -2.06. The number of amides is 1. The number of hydrogen-bond donors (Lipinski definition) is 1. The van der Waals surface area contributed by atoms with Gasteiger partial charge in [-0.25, -0.2) is 23.3 Å². The molecule has 4 rings (SSSR count). The summed E-state index contributed by atoms with van der Waals surface area (Å²) in [4.78, 5) is 29.9. The highest BCUT2D eigenvalue weighted by atomic mass is 19.1. The summed E-state index contributed by atoms with van der Waals surface area (Å²) < 4.78 is 20.6. The molecule has 2 heterocycles. The van der Waals surface area contributed by atoms with Crippen LogP contribution in [0.25, 0.3) is 17.0 Å². The molecule has 152 valence electrons. The number of ether oxygens (including phenoxy) is 1. The van der Waals surface area contributed by atoms with Crippen LogP contribution >= 0.6 is 0 Å². The minimum atomic E-state index is -0.491. The highest BCUT2D eigenvalue weighted by Gasteiger charge is 2.17. The SMILES string of the molecule is COCc1cc2nn(CC(=O)Nc3ccc(F)cc3)c(=O)n2c(-c2ccccc2)n1. The number of nitrogens with zero attached hydrogens (tertiary/aromatic N) is 4. The fourth-order valence-corrected chi connectivity index (χ4v) is 3.06. The van der Waals surface area contributed by atoms with Crippen LogP contribution in [0.3, 0.4) is 0 Å². The third-order valence-electron chi connectivity index (χ3n) is 4.37. The summed E-state index contributed by atoms with van der Waals surface area (Å²) in [6.45, 7) is -0.0475. The standard InChI is InChI=1S/C21H18FN5O3/c1-30-13-17-11-18-25-26(12-19(28)23-16-9-7-15(22)8-10-16)21(29)27(18)20(24-17)14-5-3-2-4-6-14/h2-11H,12-13H2,1H3,(H,23,28). The van der Waals surface area contributed by atoms with E-state index in [1.54, 1.807) is 13.2 Å². The smallest absolute Gasteiger partial charge is 0.352 e. The van der Waals surface area contributed by atoms with Crippen molar-refractivity contribution in [3.05, 3.63) is 82.7 Å². The Morgan fingerprint density at radius 3 is 2.57 bits per heavy atom. The molecule has 0 aliphatic heterocycles. The average Bonchev–Trinajstić information content (AvgIpc) is 3.05. The predicted molar refractivity (Wildman–Crippen MR) is 108 cm³/mol. The van der Waals surface area contributed by atoms with Crippen LogP contribution in [-0.2, 0) is 22.7 Å². The Hall–Kier alpha value is -3.85. The molecule has 1 N–H and O–H groups in total. The Bertz CT molecular complexity index is 1250. The molecular weight excluding hydrogens is 389 g/mol. The molecule has 0 unspecified atom stereocenters. The van der Waals surface area contributed by atoms with Gasteiger partial charge in [0.25, 0.3) is 0 Å². The molecule has 0 saturated carbocycles. The monoisotopic (exact) mass is 407 g/mol. The van der Waals surface area contributed by atoms with Gasteiger partial charge in [0.2, 0.25) is 5.91 Å². The average molecular weight is 407 g/mol. The van der Waals surface area contributed by atoms with E-state index in [2.05, 4.69) is 15.4 Å². The predicted octanol–water partition coefficient (Wildman–Crippen LogP) is 2.48. The largest absolute Gasteiger partial charge is 0.378 e. The summed E-state index contributed by atoms with van der Waals surface area (Å²) in [7, 11) is 1.55. The first-order chi connectivity index (χ1) is 14.5. The van der Waals surface area contributed by atoms with Gasteiger partial charge in [-0.3, -0.25) is 4.79 Å². The number of carbonyl (C=O) groups excluding carboxylic acids is 1. The van der Waals surface area contributed by atoms with Crippen molar-refractivity contribution in [2.75, 3.05) is 12.4 Å². The zero-order chi connectivity index (χ0) is 21.1. The molecule has 4 aromatic rings. The molecule has 0 spiro atoms. The van der Waals surface area contributed by atoms with E-state index in [4.69, 9.17) is 4.74 Å². The van der Waals surface area contributed by atoms with Crippen molar-refractivity contribution >= 4 is 17.2 Å². The van der Waals surface area contributed by atoms with Crippen LogP contribution in [0.4, 0.5) is 10.1 Å². The summed E-state index contributed by atoms with van der Waals surface area (Å²) in [5.41, 5.74) is 1.63. The maximum absolute atomic E-state index is 13.0. The van der Waals surface area contributed by atoms with Crippen LogP contribution in [0.2, 0.25) is 0 Å². The lowest BCUT2D eigenvalue weighted by atomic mass is 10.2. The van der Waals surface area contributed by atoms with E-state index >= 15 is 0 Å². The molecule has 9 heteroatoms. The highest BCUT2D eigenvalue weighted by Crippen LogP contribution is 2.18. The van der Waals surface area contributed by atoms with Gasteiger partial charge >= 0.3 is 5.69 Å². The minimum absolute atomic E-state index is 0.252. The van der Waals surface area contributed by atoms with Gasteiger partial charge in [-0.05, 0) is 24.3 Å². The Kier molecular flexibility index (Phi) is 5.36. The molecule has 0 saturated heterocycles. The summed E-state index contributed by atoms with van der Waals surface area (Å²) in [6, 6.07) is 16.2. The zero-order valence-corrected chi connectivity index (χ0v) is 16.1. The van der Waals surface area contributed by atoms with Gasteiger partial charge in [0, 0.05) is 24.4 Å². The van der Waals surface area contributed by atoms with Gasteiger partial charge in [-0.1, -0.05) is 30.3 Å². The van der Waals surface area contributed by atoms with Crippen LogP contribution in [0.1, 0.15) is 5.69 Å². The molecule has 2 aromatic carbocycles. The number of anilines is 1. The van der Waals surface area contributed by atoms with Crippen molar-refractivity contribution in [1.29, 1.82) is 0 Å². The Balaban J connectivity index is 1.71. The Morgan fingerprint density at radius 1 is 1.13 bits per heavy atom. The van der Waals surface area contributed by atoms with E-state index in [1.165, 1.54) is 28.7 Å². The molecule has 0 fully saturated rings. The van der Waals surface area contributed by atoms with Crippen molar-refractivity contribution in [2.45, 2.75) is 13.2 Å². The second-order valence-electron chi connectivity index (χ2n) is 6.56. The molecule has 30 heavy (non-hydrogen) atoms. The summed E-state index contributed by atoms with van der Waals surface area (Å²) in [6.07, 6.45) is 0. The summed E-state index contributed by atoms with van der Waals surface area (Å²) in [5.74, 6) is -0.453. The van der Waals surface area contributed by atoms with E-state index in [9.17, 15) is 14.0 Å². The molecule has 1 amide bonds. The number of nitrogens with one attached hydrogen (secondary N) is 1. The van der Waals surface area contributed by atoms with Gasteiger partial charge < -0.3 is 10.1 Å². The van der Waals surface area contributed by atoms with E-state index < -0.39 is 17.4 Å². The number of benzene rings is 2. The molecule has 8 nitrogen and oxygen atoms in total. The van der Waals surface area contributed by atoms with Gasteiger partial charge in [-0.15, -0.1) is 5.10 Å². The second-order valence-corrected chi connectivity index (χ2v) is 6.56. The van der Waals surface area contributed by atoms with Gasteiger partial charge in [0.15, 0.2) is 5.65 Å². The van der Waals surface area contributed by atoms with Gasteiger partial charge in [-0.2, -0.15) is 0 Å². The van der Waals surface area contributed by atoms with E-state index in [-0.39, 0.29) is 13.2 Å². The molecule has 0 bridgehead atoms. The quantitative estimate of drug-likeness (QED) is 0.530. The van der Waals surface area contributed by atoms with E-state index in [0.29, 0.717) is 22.9 Å². The van der Waals surface area contributed by atoms with Crippen molar-refractivity contribution in [3.8, 4) is 11.4 Å². The van der Waals surface area contributed by atoms with E-state index in [0.717, 1.165) is 10.2 Å². The van der Waals surface area contributed by atoms with Crippen molar-refractivity contribution in [1.82, 2.24) is 19.2 Å².